The van der Waals surface area contributed by atoms with Crippen LogP contribution in [0, 0.1) is 0 Å². The van der Waals surface area contributed by atoms with E-state index in [2.05, 4.69) is 75.6 Å². The molecule has 0 unspecified atom stereocenters. The highest BCUT2D eigenvalue weighted by Crippen LogP contribution is 2.36. The molecule has 0 atom stereocenters. The molecule has 0 fully saturated rings. The minimum absolute atomic E-state index is 1.02. The fourth-order valence-electron chi connectivity index (χ4n) is 3.35. The highest BCUT2D eigenvalue weighted by Gasteiger charge is 2.21. The third-order valence-electron chi connectivity index (χ3n) is 4.46. The van der Waals surface area contributed by atoms with Crippen LogP contribution < -0.4 is 4.98 Å². The predicted molar refractivity (Wildman–Crippen MR) is 97.6 cm³/mol. The largest absolute Gasteiger partial charge is 0.354 e. The van der Waals surface area contributed by atoms with Crippen molar-refractivity contribution in [1.82, 2.24) is 9.97 Å². The molecule has 24 heavy (non-hydrogen) atoms. The lowest BCUT2D eigenvalue weighted by Gasteiger charge is -2.00. The van der Waals surface area contributed by atoms with Crippen molar-refractivity contribution in [2.24, 2.45) is 0 Å². The molecule has 0 radical (unpaired) electrons. The molecular formula is C21H16N3+. The third-order valence-corrected chi connectivity index (χ3v) is 4.46. The van der Waals surface area contributed by atoms with Crippen LogP contribution in [0.15, 0.2) is 78.9 Å². The molecule has 2 aromatic heterocycles. The second-order valence-corrected chi connectivity index (χ2v) is 5.96. The van der Waals surface area contributed by atoms with Gasteiger partial charge in [0.05, 0.1) is 11.3 Å². The zero-order valence-electron chi connectivity index (χ0n) is 13.0. The maximum absolute atomic E-state index is 3.58. The summed E-state index contributed by atoms with van der Waals surface area (Å²) in [6.45, 7) is 0. The lowest BCUT2D eigenvalue weighted by Crippen LogP contribution is -2.02. The number of hydrogen-bond donors (Lipinski definition) is 2. The Labute approximate surface area is 139 Å². The van der Waals surface area contributed by atoms with Crippen molar-refractivity contribution in [3.63, 3.8) is 0 Å². The Balaban J connectivity index is 1.86. The van der Waals surface area contributed by atoms with Crippen LogP contribution in [0.1, 0.15) is 0 Å². The standard InChI is InChI=1S/C21H15N3/c1-2-8-14(9-3-1)20-19(15-10-4-5-11-16(15)22-20)21-23-17-12-6-7-13-18(17)24-21/h1-13,22H,(H,23,24)/p+1. The van der Waals surface area contributed by atoms with Gasteiger partial charge in [-0.05, 0) is 23.8 Å². The Morgan fingerprint density at radius 2 is 1.33 bits per heavy atom. The van der Waals surface area contributed by atoms with E-state index in [1.807, 2.05) is 18.2 Å². The molecule has 114 valence electrons. The Bertz CT molecular complexity index is 1120. The van der Waals surface area contributed by atoms with Crippen molar-refractivity contribution in [1.29, 1.82) is 0 Å². The van der Waals surface area contributed by atoms with Gasteiger partial charge in [-0.25, -0.2) is 9.97 Å². The molecule has 0 aliphatic rings. The van der Waals surface area contributed by atoms with Gasteiger partial charge in [-0.15, -0.1) is 0 Å². The van der Waals surface area contributed by atoms with Gasteiger partial charge in [0, 0.05) is 10.9 Å². The highest BCUT2D eigenvalue weighted by molar-refractivity contribution is 6.02. The number of hydrogen-bond acceptors (Lipinski definition) is 0. The van der Waals surface area contributed by atoms with Crippen LogP contribution in [0.2, 0.25) is 0 Å². The summed E-state index contributed by atoms with van der Waals surface area (Å²) in [6.07, 6.45) is 0. The van der Waals surface area contributed by atoms with E-state index in [-0.39, 0.29) is 0 Å². The number of nitrogens with one attached hydrogen (secondary N) is 3. The molecule has 0 saturated heterocycles. The molecule has 5 rings (SSSR count). The summed E-state index contributed by atoms with van der Waals surface area (Å²) in [5.41, 5.74) is 6.83. The van der Waals surface area contributed by atoms with E-state index in [1.165, 1.54) is 16.5 Å². The average molecular weight is 310 g/mol. The van der Waals surface area contributed by atoms with Gasteiger partial charge in [-0.2, -0.15) is 0 Å². The van der Waals surface area contributed by atoms with Gasteiger partial charge in [0.2, 0.25) is 0 Å². The summed E-state index contributed by atoms with van der Waals surface area (Å²) in [7, 11) is 0. The van der Waals surface area contributed by atoms with Gasteiger partial charge in [0.15, 0.2) is 11.0 Å². The van der Waals surface area contributed by atoms with E-state index in [4.69, 9.17) is 0 Å². The third kappa shape index (κ3) is 1.95. The second kappa shape index (κ2) is 5.10. The SMILES string of the molecule is c1ccc(-c2[nH]c3ccccc3c2-c2[nH]c3ccccc3[nH+]2)cc1. The molecule has 2 heterocycles. The number of imidazole rings is 1. The molecule has 0 saturated carbocycles. The lowest BCUT2D eigenvalue weighted by molar-refractivity contribution is -0.330. The molecule has 5 aromatic rings. The highest BCUT2D eigenvalue weighted by atomic mass is 14.9. The summed E-state index contributed by atoms with van der Waals surface area (Å²) in [5.74, 6) is 1.02. The second-order valence-electron chi connectivity index (χ2n) is 5.96. The molecule has 0 aliphatic carbocycles. The maximum atomic E-state index is 3.58. The monoisotopic (exact) mass is 310 g/mol. The zero-order valence-corrected chi connectivity index (χ0v) is 13.0. The summed E-state index contributed by atoms with van der Waals surface area (Å²) >= 11 is 0. The Morgan fingerprint density at radius 1 is 0.625 bits per heavy atom. The Morgan fingerprint density at radius 3 is 2.17 bits per heavy atom. The zero-order chi connectivity index (χ0) is 15.9. The topological polar surface area (TPSA) is 45.7 Å². The van der Waals surface area contributed by atoms with Crippen molar-refractivity contribution >= 4 is 21.9 Å². The summed E-state index contributed by atoms with van der Waals surface area (Å²) in [6, 6.07) is 27.1. The molecule has 0 aliphatic heterocycles. The molecule has 0 spiro atoms. The molecule has 0 amide bonds. The summed E-state index contributed by atoms with van der Waals surface area (Å²) < 4.78 is 0. The van der Waals surface area contributed by atoms with Gasteiger partial charge >= 0.3 is 0 Å². The van der Waals surface area contributed by atoms with E-state index >= 15 is 0 Å². The number of rotatable bonds is 2. The molecule has 3 nitrogen and oxygen atoms in total. The average Bonchev–Trinajstić information content (AvgIpc) is 3.23. The predicted octanol–water partition coefficient (Wildman–Crippen LogP) is 4.80. The number of para-hydroxylation sites is 3. The first-order chi connectivity index (χ1) is 11.9. The minimum Gasteiger partial charge on any atom is -0.354 e. The Kier molecular flexibility index (Phi) is 2.79. The minimum atomic E-state index is 1.02. The van der Waals surface area contributed by atoms with Crippen LogP contribution in [-0.2, 0) is 0 Å². The molecule has 3 N–H and O–H groups in total. The van der Waals surface area contributed by atoms with Crippen molar-refractivity contribution in [2.75, 3.05) is 0 Å². The van der Waals surface area contributed by atoms with Gasteiger partial charge in [0.25, 0.3) is 5.82 Å². The normalized spacial score (nSPS) is 11.3. The van der Waals surface area contributed by atoms with Crippen LogP contribution in [0.3, 0.4) is 0 Å². The van der Waals surface area contributed by atoms with E-state index in [9.17, 15) is 0 Å². The van der Waals surface area contributed by atoms with Gasteiger partial charge < -0.3 is 4.98 Å². The summed E-state index contributed by atoms with van der Waals surface area (Å²) in [4.78, 5) is 10.6. The fourth-order valence-corrected chi connectivity index (χ4v) is 3.35. The fraction of sp³-hybridized carbons (Fsp3) is 0. The molecule has 3 aromatic carbocycles. The first-order valence-corrected chi connectivity index (χ1v) is 8.07. The quantitative estimate of drug-likeness (QED) is 0.470. The number of aromatic amines is 3. The van der Waals surface area contributed by atoms with Crippen LogP contribution >= 0.6 is 0 Å². The van der Waals surface area contributed by atoms with E-state index in [0.717, 1.165) is 28.1 Å². The first kappa shape index (κ1) is 13.1. The lowest BCUT2D eigenvalue weighted by atomic mass is 10.0. The number of H-pyrrole nitrogens is 3. The number of benzene rings is 3. The van der Waals surface area contributed by atoms with Crippen LogP contribution in [0.25, 0.3) is 44.6 Å². The maximum Gasteiger partial charge on any atom is 0.288 e. The Hall–Kier alpha value is -3.33. The summed E-state index contributed by atoms with van der Waals surface area (Å²) in [5, 5.41) is 1.21. The first-order valence-electron chi connectivity index (χ1n) is 8.07. The molecular weight excluding hydrogens is 294 g/mol. The smallest absolute Gasteiger partial charge is 0.288 e. The number of aromatic nitrogens is 3. The van der Waals surface area contributed by atoms with E-state index in [0.29, 0.717) is 0 Å². The van der Waals surface area contributed by atoms with Crippen LogP contribution in [0.5, 0.6) is 0 Å². The van der Waals surface area contributed by atoms with E-state index in [1.54, 1.807) is 0 Å². The van der Waals surface area contributed by atoms with Crippen LogP contribution in [0.4, 0.5) is 0 Å². The van der Waals surface area contributed by atoms with Gasteiger partial charge in [-0.1, -0.05) is 60.7 Å². The number of fused-ring (bicyclic) bond motifs is 2. The van der Waals surface area contributed by atoms with Crippen molar-refractivity contribution < 1.29 is 4.98 Å². The molecule has 0 bridgehead atoms. The van der Waals surface area contributed by atoms with Gasteiger partial charge in [-0.3, -0.25) is 0 Å². The molecule has 3 heteroatoms. The van der Waals surface area contributed by atoms with Gasteiger partial charge in [0.1, 0.15) is 0 Å². The van der Waals surface area contributed by atoms with Crippen molar-refractivity contribution in [2.45, 2.75) is 0 Å². The van der Waals surface area contributed by atoms with E-state index < -0.39 is 0 Å². The van der Waals surface area contributed by atoms with Crippen molar-refractivity contribution in [3.05, 3.63) is 78.9 Å². The van der Waals surface area contributed by atoms with Crippen LogP contribution in [-0.4, -0.2) is 9.97 Å². The van der Waals surface area contributed by atoms with Crippen molar-refractivity contribution in [3.8, 4) is 22.6 Å².